The Hall–Kier alpha value is -0.870. The van der Waals surface area contributed by atoms with Gasteiger partial charge in [0.1, 0.15) is 0 Å². The minimum absolute atomic E-state index is 0.819. The van der Waals surface area contributed by atoms with E-state index in [0.717, 1.165) is 4.88 Å². The van der Waals surface area contributed by atoms with Crippen LogP contribution in [0.4, 0.5) is 0 Å². The van der Waals surface area contributed by atoms with Crippen molar-refractivity contribution in [3.63, 3.8) is 0 Å². The average Bonchev–Trinajstić information content (AvgIpc) is 2.54. The van der Waals surface area contributed by atoms with Gasteiger partial charge in [-0.1, -0.05) is 6.07 Å². The standard InChI is InChI=1S/C9H13NO2S/c1-9(8(11)12,10(2)3)7-5-4-6-13-7/h4-6H,1-3H3,(H,11,12). The first-order chi connectivity index (χ1) is 5.99. The lowest BCUT2D eigenvalue weighted by atomic mass is 9.99. The second-order valence-electron chi connectivity index (χ2n) is 3.25. The summed E-state index contributed by atoms with van der Waals surface area (Å²) in [5.74, 6) is -0.819. The molecule has 0 saturated heterocycles. The Morgan fingerprint density at radius 1 is 1.62 bits per heavy atom. The number of hydrogen-bond acceptors (Lipinski definition) is 3. The van der Waals surface area contributed by atoms with Crippen LogP contribution < -0.4 is 0 Å². The minimum atomic E-state index is -0.909. The molecule has 72 valence electrons. The van der Waals surface area contributed by atoms with Crippen LogP contribution in [0.5, 0.6) is 0 Å². The summed E-state index contributed by atoms with van der Waals surface area (Å²) < 4.78 is 0. The molecule has 0 spiro atoms. The number of nitrogens with zero attached hydrogens (tertiary/aromatic N) is 1. The molecular formula is C9H13NO2S. The first kappa shape index (κ1) is 10.2. The molecule has 1 aromatic heterocycles. The Bertz CT molecular complexity index is 295. The molecule has 0 aromatic carbocycles. The smallest absolute Gasteiger partial charge is 0.329 e. The van der Waals surface area contributed by atoms with Gasteiger partial charge in [0.15, 0.2) is 5.54 Å². The first-order valence-electron chi connectivity index (χ1n) is 3.94. The third-order valence-corrected chi connectivity index (χ3v) is 3.39. The molecule has 1 unspecified atom stereocenters. The third-order valence-electron chi connectivity index (χ3n) is 2.31. The second-order valence-corrected chi connectivity index (χ2v) is 4.20. The van der Waals surface area contributed by atoms with Gasteiger partial charge in [-0.2, -0.15) is 0 Å². The molecule has 1 aromatic rings. The van der Waals surface area contributed by atoms with Crippen molar-refractivity contribution in [1.82, 2.24) is 4.90 Å². The highest BCUT2D eigenvalue weighted by atomic mass is 32.1. The van der Waals surface area contributed by atoms with Gasteiger partial charge < -0.3 is 5.11 Å². The third kappa shape index (κ3) is 1.59. The minimum Gasteiger partial charge on any atom is -0.480 e. The molecule has 0 bridgehead atoms. The van der Waals surface area contributed by atoms with Gasteiger partial charge in [-0.15, -0.1) is 11.3 Å². The van der Waals surface area contributed by atoms with E-state index >= 15 is 0 Å². The van der Waals surface area contributed by atoms with Gasteiger partial charge in [-0.3, -0.25) is 4.90 Å². The summed E-state index contributed by atoms with van der Waals surface area (Å²) >= 11 is 1.46. The van der Waals surface area contributed by atoms with Crippen LogP contribution in [0, 0.1) is 0 Å². The van der Waals surface area contributed by atoms with Crippen molar-refractivity contribution in [3.8, 4) is 0 Å². The Morgan fingerprint density at radius 3 is 2.54 bits per heavy atom. The molecule has 1 heterocycles. The van der Waals surface area contributed by atoms with Crippen LogP contribution in [0.25, 0.3) is 0 Å². The molecule has 0 fully saturated rings. The molecule has 0 aliphatic heterocycles. The van der Waals surface area contributed by atoms with Crippen LogP contribution >= 0.6 is 11.3 Å². The fraction of sp³-hybridized carbons (Fsp3) is 0.444. The maximum Gasteiger partial charge on any atom is 0.329 e. The molecule has 1 N–H and O–H groups in total. The Balaban J connectivity index is 3.13. The molecule has 0 amide bonds. The number of rotatable bonds is 3. The lowest BCUT2D eigenvalue weighted by Gasteiger charge is -2.30. The van der Waals surface area contributed by atoms with E-state index in [0.29, 0.717) is 0 Å². The maximum atomic E-state index is 11.1. The maximum absolute atomic E-state index is 11.1. The summed E-state index contributed by atoms with van der Waals surface area (Å²) in [7, 11) is 3.54. The van der Waals surface area contributed by atoms with Gasteiger partial charge in [0.25, 0.3) is 0 Å². The number of carbonyl (C=O) groups is 1. The van der Waals surface area contributed by atoms with Gasteiger partial charge in [-0.05, 0) is 32.5 Å². The summed E-state index contributed by atoms with van der Waals surface area (Å²) in [4.78, 5) is 13.7. The molecule has 1 rings (SSSR count). The van der Waals surface area contributed by atoms with E-state index in [9.17, 15) is 4.79 Å². The quantitative estimate of drug-likeness (QED) is 0.804. The first-order valence-corrected chi connectivity index (χ1v) is 4.82. The van der Waals surface area contributed by atoms with E-state index in [4.69, 9.17) is 5.11 Å². The van der Waals surface area contributed by atoms with E-state index in [1.165, 1.54) is 11.3 Å². The molecule has 3 nitrogen and oxygen atoms in total. The highest BCUT2D eigenvalue weighted by Crippen LogP contribution is 2.29. The van der Waals surface area contributed by atoms with Crippen LogP contribution in [0.3, 0.4) is 0 Å². The van der Waals surface area contributed by atoms with Crippen LogP contribution in [-0.4, -0.2) is 30.1 Å². The SMILES string of the molecule is CN(C)C(C)(C(=O)O)c1cccs1. The molecule has 0 aliphatic rings. The van der Waals surface area contributed by atoms with Gasteiger partial charge in [-0.25, -0.2) is 4.79 Å². The molecule has 0 aliphatic carbocycles. The topological polar surface area (TPSA) is 40.5 Å². The zero-order valence-electron chi connectivity index (χ0n) is 7.94. The Kier molecular flexibility index (Phi) is 2.73. The van der Waals surface area contributed by atoms with Crippen molar-refractivity contribution in [2.24, 2.45) is 0 Å². The Morgan fingerprint density at radius 2 is 2.23 bits per heavy atom. The lowest BCUT2D eigenvalue weighted by molar-refractivity contribution is -0.149. The van der Waals surface area contributed by atoms with E-state index in [1.54, 1.807) is 25.9 Å². The summed E-state index contributed by atoms with van der Waals surface area (Å²) in [6.07, 6.45) is 0. The predicted octanol–water partition coefficient (Wildman–Crippen LogP) is 1.61. The summed E-state index contributed by atoms with van der Waals surface area (Å²) in [6, 6.07) is 3.71. The highest BCUT2D eigenvalue weighted by molar-refractivity contribution is 7.10. The van der Waals surface area contributed by atoms with Crippen molar-refractivity contribution >= 4 is 17.3 Å². The Labute approximate surface area is 81.6 Å². The van der Waals surface area contributed by atoms with Gasteiger partial charge in [0.2, 0.25) is 0 Å². The summed E-state index contributed by atoms with van der Waals surface area (Å²) in [6.45, 7) is 1.71. The average molecular weight is 199 g/mol. The number of hydrogen-bond donors (Lipinski definition) is 1. The monoisotopic (exact) mass is 199 g/mol. The van der Waals surface area contributed by atoms with Crippen molar-refractivity contribution < 1.29 is 9.90 Å². The van der Waals surface area contributed by atoms with Crippen molar-refractivity contribution in [2.75, 3.05) is 14.1 Å². The molecular weight excluding hydrogens is 186 g/mol. The molecule has 13 heavy (non-hydrogen) atoms. The van der Waals surface area contributed by atoms with Crippen LogP contribution in [0.15, 0.2) is 17.5 Å². The van der Waals surface area contributed by atoms with Gasteiger partial charge in [0, 0.05) is 4.88 Å². The fourth-order valence-corrected chi connectivity index (χ4v) is 2.03. The van der Waals surface area contributed by atoms with Crippen LogP contribution in [0.1, 0.15) is 11.8 Å². The van der Waals surface area contributed by atoms with Gasteiger partial charge >= 0.3 is 5.97 Å². The number of likely N-dealkylation sites (N-methyl/N-ethyl adjacent to an activating group) is 1. The number of aliphatic carboxylic acids is 1. The lowest BCUT2D eigenvalue weighted by Crippen LogP contribution is -2.45. The fourth-order valence-electron chi connectivity index (χ4n) is 1.07. The zero-order chi connectivity index (χ0) is 10.1. The number of carboxylic acid groups (broad SMARTS) is 1. The molecule has 0 radical (unpaired) electrons. The van der Waals surface area contributed by atoms with Crippen molar-refractivity contribution in [1.29, 1.82) is 0 Å². The van der Waals surface area contributed by atoms with E-state index in [2.05, 4.69) is 0 Å². The molecule has 1 atom stereocenters. The van der Waals surface area contributed by atoms with E-state index in [1.807, 2.05) is 17.5 Å². The van der Waals surface area contributed by atoms with E-state index in [-0.39, 0.29) is 0 Å². The largest absolute Gasteiger partial charge is 0.480 e. The predicted molar refractivity (Wildman–Crippen MR) is 53.0 cm³/mol. The molecule has 4 heteroatoms. The van der Waals surface area contributed by atoms with Gasteiger partial charge in [0.05, 0.1) is 0 Å². The van der Waals surface area contributed by atoms with Crippen LogP contribution in [-0.2, 0) is 10.3 Å². The summed E-state index contributed by atoms with van der Waals surface area (Å²) in [5.41, 5.74) is -0.909. The highest BCUT2D eigenvalue weighted by Gasteiger charge is 2.38. The molecule has 0 saturated carbocycles. The number of thiophene rings is 1. The van der Waals surface area contributed by atoms with E-state index < -0.39 is 11.5 Å². The van der Waals surface area contributed by atoms with Crippen LogP contribution in [0.2, 0.25) is 0 Å². The number of carboxylic acids is 1. The van der Waals surface area contributed by atoms with Crippen molar-refractivity contribution in [3.05, 3.63) is 22.4 Å². The zero-order valence-corrected chi connectivity index (χ0v) is 8.76. The normalized spacial score (nSPS) is 15.7. The second kappa shape index (κ2) is 3.47. The van der Waals surface area contributed by atoms with Crippen molar-refractivity contribution in [2.45, 2.75) is 12.5 Å². The summed E-state index contributed by atoms with van der Waals surface area (Å²) in [5, 5.41) is 11.0.